The van der Waals surface area contributed by atoms with Gasteiger partial charge in [0.2, 0.25) is 0 Å². The highest BCUT2D eigenvalue weighted by atomic mass is 16.1. The second kappa shape index (κ2) is 4.76. The molecule has 100 valence electrons. The summed E-state index contributed by atoms with van der Waals surface area (Å²) in [5.41, 5.74) is 9.81. The van der Waals surface area contributed by atoms with E-state index in [4.69, 9.17) is 5.73 Å². The number of carbonyl (C=O) groups excluding carboxylic acids is 1. The molecule has 19 heavy (non-hydrogen) atoms. The first-order valence-electron chi connectivity index (χ1n) is 6.08. The van der Waals surface area contributed by atoms with Crippen LogP contribution in [0, 0.1) is 20.8 Å². The lowest BCUT2D eigenvalue weighted by molar-refractivity contribution is 0.102. The third-order valence-corrected chi connectivity index (χ3v) is 3.35. The molecule has 2 aromatic rings. The standard InChI is InChI=1S/C14H18N4O/c1-8-6-5-7-11(9(8)2)14(19)16-13-12(15)10(3)17-18(13)4/h5-7H,15H2,1-4H3,(H,16,19). The van der Waals surface area contributed by atoms with Crippen molar-refractivity contribution < 1.29 is 4.79 Å². The summed E-state index contributed by atoms with van der Waals surface area (Å²) in [6.45, 7) is 5.72. The Labute approximate surface area is 112 Å². The van der Waals surface area contributed by atoms with Crippen LogP contribution < -0.4 is 11.1 Å². The highest BCUT2D eigenvalue weighted by molar-refractivity contribution is 6.06. The zero-order valence-electron chi connectivity index (χ0n) is 11.6. The smallest absolute Gasteiger partial charge is 0.257 e. The number of nitrogens with one attached hydrogen (secondary N) is 1. The molecule has 0 aliphatic rings. The Hall–Kier alpha value is -2.30. The number of nitrogens with zero attached hydrogens (tertiary/aromatic N) is 2. The minimum absolute atomic E-state index is 0.170. The van der Waals surface area contributed by atoms with Crippen LogP contribution in [0.4, 0.5) is 11.5 Å². The van der Waals surface area contributed by atoms with E-state index in [0.717, 1.165) is 11.1 Å². The van der Waals surface area contributed by atoms with Gasteiger partial charge in [0.1, 0.15) is 0 Å². The van der Waals surface area contributed by atoms with Crippen LogP contribution in [0.15, 0.2) is 18.2 Å². The summed E-state index contributed by atoms with van der Waals surface area (Å²) in [5.74, 6) is 0.360. The molecule has 3 N–H and O–H groups in total. The van der Waals surface area contributed by atoms with Crippen molar-refractivity contribution in [3.8, 4) is 0 Å². The number of hydrogen-bond donors (Lipinski definition) is 2. The van der Waals surface area contributed by atoms with Crippen LogP contribution >= 0.6 is 0 Å². The molecule has 0 atom stereocenters. The van der Waals surface area contributed by atoms with Gasteiger partial charge in [-0.3, -0.25) is 9.48 Å². The third-order valence-electron chi connectivity index (χ3n) is 3.35. The number of amides is 1. The Morgan fingerprint density at radius 2 is 2.00 bits per heavy atom. The fourth-order valence-corrected chi connectivity index (χ4v) is 1.99. The van der Waals surface area contributed by atoms with Crippen LogP contribution in [-0.2, 0) is 7.05 Å². The number of aromatic nitrogens is 2. The molecular weight excluding hydrogens is 240 g/mol. The number of benzene rings is 1. The van der Waals surface area contributed by atoms with Crippen LogP contribution in [-0.4, -0.2) is 15.7 Å². The maximum Gasteiger partial charge on any atom is 0.257 e. The summed E-state index contributed by atoms with van der Waals surface area (Å²) in [6, 6.07) is 5.65. The number of nitrogens with two attached hydrogens (primary N) is 1. The summed E-state index contributed by atoms with van der Waals surface area (Å²) in [5, 5.41) is 6.99. The van der Waals surface area contributed by atoms with E-state index in [2.05, 4.69) is 10.4 Å². The molecule has 1 aromatic carbocycles. The predicted octanol–water partition coefficient (Wildman–Crippen LogP) is 2.18. The summed E-state index contributed by atoms with van der Waals surface area (Å²) in [4.78, 5) is 12.3. The average molecular weight is 258 g/mol. The van der Waals surface area contributed by atoms with Crippen molar-refractivity contribution in [2.75, 3.05) is 11.1 Å². The summed E-state index contributed by atoms with van der Waals surface area (Å²) in [6.07, 6.45) is 0. The minimum atomic E-state index is -0.170. The zero-order chi connectivity index (χ0) is 14.2. The lowest BCUT2D eigenvalue weighted by Gasteiger charge is -2.10. The van der Waals surface area contributed by atoms with E-state index < -0.39 is 0 Å². The number of nitrogen functional groups attached to an aromatic ring is 1. The Bertz CT molecular complexity index is 643. The summed E-state index contributed by atoms with van der Waals surface area (Å²) >= 11 is 0. The van der Waals surface area contributed by atoms with Crippen molar-refractivity contribution in [3.63, 3.8) is 0 Å². The van der Waals surface area contributed by atoms with Crippen molar-refractivity contribution in [2.45, 2.75) is 20.8 Å². The molecule has 1 heterocycles. The van der Waals surface area contributed by atoms with Gasteiger partial charge in [-0.1, -0.05) is 12.1 Å². The van der Waals surface area contributed by atoms with Crippen LogP contribution in [0.25, 0.3) is 0 Å². The van der Waals surface area contributed by atoms with E-state index >= 15 is 0 Å². The molecular formula is C14H18N4O. The Morgan fingerprint density at radius 3 is 2.58 bits per heavy atom. The second-order valence-electron chi connectivity index (χ2n) is 4.67. The number of rotatable bonds is 2. The molecule has 0 spiro atoms. The maximum atomic E-state index is 12.3. The first-order valence-corrected chi connectivity index (χ1v) is 6.08. The Morgan fingerprint density at radius 1 is 1.32 bits per heavy atom. The first-order chi connectivity index (χ1) is 8.91. The highest BCUT2D eigenvalue weighted by Crippen LogP contribution is 2.22. The highest BCUT2D eigenvalue weighted by Gasteiger charge is 2.15. The van der Waals surface area contributed by atoms with Gasteiger partial charge in [0.05, 0.1) is 11.4 Å². The molecule has 0 unspecified atom stereocenters. The van der Waals surface area contributed by atoms with Gasteiger partial charge in [0.15, 0.2) is 5.82 Å². The largest absolute Gasteiger partial charge is 0.394 e. The third kappa shape index (κ3) is 2.31. The Kier molecular flexibility index (Phi) is 3.29. The quantitative estimate of drug-likeness (QED) is 0.867. The van der Waals surface area contributed by atoms with Gasteiger partial charge in [0.25, 0.3) is 5.91 Å². The van der Waals surface area contributed by atoms with Crippen molar-refractivity contribution >= 4 is 17.4 Å². The van der Waals surface area contributed by atoms with Crippen LogP contribution in [0.2, 0.25) is 0 Å². The topological polar surface area (TPSA) is 72.9 Å². The fraction of sp³-hybridized carbons (Fsp3) is 0.286. The average Bonchev–Trinajstić information content (AvgIpc) is 2.59. The van der Waals surface area contributed by atoms with Crippen molar-refractivity contribution in [1.82, 2.24) is 9.78 Å². The van der Waals surface area contributed by atoms with Crippen LogP contribution in [0.5, 0.6) is 0 Å². The van der Waals surface area contributed by atoms with Crippen LogP contribution in [0.3, 0.4) is 0 Å². The number of carbonyl (C=O) groups is 1. The molecule has 1 amide bonds. The summed E-state index contributed by atoms with van der Waals surface area (Å²) in [7, 11) is 1.75. The zero-order valence-corrected chi connectivity index (χ0v) is 11.6. The van der Waals surface area contributed by atoms with E-state index in [1.54, 1.807) is 17.8 Å². The lowest BCUT2D eigenvalue weighted by Crippen LogP contribution is -2.17. The maximum absolute atomic E-state index is 12.3. The fourth-order valence-electron chi connectivity index (χ4n) is 1.99. The molecule has 2 rings (SSSR count). The van der Waals surface area contributed by atoms with Crippen molar-refractivity contribution in [3.05, 3.63) is 40.6 Å². The lowest BCUT2D eigenvalue weighted by atomic mass is 10.0. The van der Waals surface area contributed by atoms with Gasteiger partial charge in [0, 0.05) is 12.6 Å². The first kappa shape index (κ1) is 13.1. The molecule has 0 aliphatic heterocycles. The molecule has 0 radical (unpaired) electrons. The Balaban J connectivity index is 2.34. The SMILES string of the molecule is Cc1cccc(C(=O)Nc2c(N)c(C)nn2C)c1C. The van der Waals surface area contributed by atoms with E-state index in [1.165, 1.54) is 0 Å². The molecule has 0 saturated heterocycles. The minimum Gasteiger partial charge on any atom is -0.394 e. The van der Waals surface area contributed by atoms with Gasteiger partial charge < -0.3 is 11.1 Å². The van der Waals surface area contributed by atoms with Gasteiger partial charge >= 0.3 is 0 Å². The van der Waals surface area contributed by atoms with Gasteiger partial charge in [-0.25, -0.2) is 0 Å². The van der Waals surface area contributed by atoms with E-state index in [0.29, 0.717) is 22.8 Å². The van der Waals surface area contributed by atoms with Gasteiger partial charge in [-0.05, 0) is 38.0 Å². The predicted molar refractivity (Wildman–Crippen MR) is 76.2 cm³/mol. The number of anilines is 2. The molecule has 0 aliphatic carbocycles. The van der Waals surface area contributed by atoms with Gasteiger partial charge in [-0.2, -0.15) is 5.10 Å². The monoisotopic (exact) mass is 258 g/mol. The van der Waals surface area contributed by atoms with Crippen LogP contribution in [0.1, 0.15) is 27.2 Å². The van der Waals surface area contributed by atoms with E-state index in [1.807, 2.05) is 32.9 Å². The molecule has 0 bridgehead atoms. The normalized spacial score (nSPS) is 10.5. The van der Waals surface area contributed by atoms with E-state index in [9.17, 15) is 4.79 Å². The molecule has 0 fully saturated rings. The molecule has 5 nitrogen and oxygen atoms in total. The van der Waals surface area contributed by atoms with E-state index in [-0.39, 0.29) is 5.91 Å². The molecule has 0 saturated carbocycles. The molecule has 5 heteroatoms. The number of hydrogen-bond acceptors (Lipinski definition) is 3. The number of aryl methyl sites for hydroxylation is 3. The second-order valence-corrected chi connectivity index (χ2v) is 4.67. The van der Waals surface area contributed by atoms with Gasteiger partial charge in [-0.15, -0.1) is 0 Å². The summed E-state index contributed by atoms with van der Waals surface area (Å²) < 4.78 is 1.58. The van der Waals surface area contributed by atoms with Crippen molar-refractivity contribution in [2.24, 2.45) is 7.05 Å². The van der Waals surface area contributed by atoms with Crippen molar-refractivity contribution in [1.29, 1.82) is 0 Å². The molecule has 1 aromatic heterocycles.